The summed E-state index contributed by atoms with van der Waals surface area (Å²) in [4.78, 5) is 22.1. The summed E-state index contributed by atoms with van der Waals surface area (Å²) in [5.41, 5.74) is -0.607. The Kier molecular flexibility index (Phi) is 2.57. The fourth-order valence-electron chi connectivity index (χ4n) is 2.25. The number of hydrogen-bond donors (Lipinski definition) is 1. The number of carbonyl (C=O) groups is 2. The molecule has 8 heteroatoms. The van der Waals surface area contributed by atoms with Crippen LogP contribution in [0, 0.1) is 5.41 Å². The highest BCUT2D eigenvalue weighted by Gasteiger charge is 2.56. The average Bonchev–Trinajstić information content (AvgIpc) is 2.57. The van der Waals surface area contributed by atoms with Crippen molar-refractivity contribution in [2.24, 2.45) is 5.41 Å². The van der Waals surface area contributed by atoms with Crippen molar-refractivity contribution in [2.75, 3.05) is 19.7 Å². The van der Waals surface area contributed by atoms with Crippen molar-refractivity contribution >= 4 is 11.9 Å². The molecule has 2 aliphatic rings. The topological polar surface area (TPSA) is 66.8 Å². The van der Waals surface area contributed by atoms with Crippen LogP contribution in [0.15, 0.2) is 0 Å². The van der Waals surface area contributed by atoms with E-state index in [0.717, 1.165) is 0 Å². The third-order valence-electron chi connectivity index (χ3n) is 3.07. The number of hydrogen-bond acceptors (Lipinski definition) is 3. The van der Waals surface area contributed by atoms with Crippen molar-refractivity contribution in [2.45, 2.75) is 18.7 Å². The first-order valence-corrected chi connectivity index (χ1v) is 4.94. The molecule has 0 aromatic heterocycles. The van der Waals surface area contributed by atoms with Crippen LogP contribution in [0.5, 0.6) is 0 Å². The number of carboxylic acids is 1. The molecule has 2 rings (SSSR count). The fourth-order valence-corrected chi connectivity index (χ4v) is 2.25. The van der Waals surface area contributed by atoms with Crippen LogP contribution in [0.4, 0.5) is 13.2 Å². The molecule has 0 saturated carbocycles. The van der Waals surface area contributed by atoms with Gasteiger partial charge in [-0.25, -0.2) is 4.79 Å². The molecular formula is C9H10F3NO4. The molecule has 2 fully saturated rings. The SMILES string of the molecule is O=C(O)C1CC2(CO1)CN(C(=O)C(F)(F)F)C2. The summed E-state index contributed by atoms with van der Waals surface area (Å²) in [6.07, 6.45) is -5.69. The molecule has 0 aromatic carbocycles. The number of carboxylic acid groups (broad SMARTS) is 1. The van der Waals surface area contributed by atoms with Crippen LogP contribution >= 0.6 is 0 Å². The summed E-state index contributed by atoms with van der Waals surface area (Å²) in [5, 5.41) is 8.68. The van der Waals surface area contributed by atoms with Crippen LogP contribution in [0.2, 0.25) is 0 Å². The standard InChI is InChI=1S/C9H10F3NO4/c10-9(11,12)7(16)13-2-8(3-13)1-5(6(14)15)17-4-8/h5H,1-4H2,(H,14,15). The Morgan fingerprint density at radius 2 is 1.94 bits per heavy atom. The maximum Gasteiger partial charge on any atom is 0.471 e. The Bertz CT molecular complexity index is 362. The molecule has 17 heavy (non-hydrogen) atoms. The van der Waals surface area contributed by atoms with Gasteiger partial charge in [0.1, 0.15) is 0 Å². The molecule has 5 nitrogen and oxygen atoms in total. The lowest BCUT2D eigenvalue weighted by Crippen LogP contribution is -2.61. The van der Waals surface area contributed by atoms with Crippen molar-refractivity contribution in [3.63, 3.8) is 0 Å². The predicted molar refractivity (Wildman–Crippen MR) is 47.1 cm³/mol. The third kappa shape index (κ3) is 2.08. The van der Waals surface area contributed by atoms with Crippen molar-refractivity contribution in [3.05, 3.63) is 0 Å². The number of ether oxygens (including phenoxy) is 1. The first-order chi connectivity index (χ1) is 7.73. The highest BCUT2D eigenvalue weighted by Crippen LogP contribution is 2.42. The summed E-state index contributed by atoms with van der Waals surface area (Å²) in [7, 11) is 0. The maximum absolute atomic E-state index is 12.1. The lowest BCUT2D eigenvalue weighted by atomic mass is 9.78. The van der Waals surface area contributed by atoms with Crippen LogP contribution in [-0.4, -0.2) is 53.9 Å². The van der Waals surface area contributed by atoms with E-state index in [9.17, 15) is 22.8 Å². The minimum absolute atomic E-state index is 0.0882. The Balaban J connectivity index is 1.91. The molecule has 1 atom stereocenters. The molecular weight excluding hydrogens is 243 g/mol. The quantitative estimate of drug-likeness (QED) is 0.727. The minimum atomic E-state index is -4.87. The second kappa shape index (κ2) is 3.59. The molecule has 96 valence electrons. The first-order valence-electron chi connectivity index (χ1n) is 4.94. The van der Waals surface area contributed by atoms with Crippen molar-refractivity contribution in [1.82, 2.24) is 4.90 Å². The van der Waals surface area contributed by atoms with Gasteiger partial charge in [-0.3, -0.25) is 4.79 Å². The van der Waals surface area contributed by atoms with E-state index in [4.69, 9.17) is 9.84 Å². The van der Waals surface area contributed by atoms with Crippen molar-refractivity contribution in [1.29, 1.82) is 0 Å². The minimum Gasteiger partial charge on any atom is -0.479 e. The summed E-state index contributed by atoms with van der Waals surface area (Å²) in [6.45, 7) is -0.0874. The third-order valence-corrected chi connectivity index (χ3v) is 3.07. The highest BCUT2D eigenvalue weighted by molar-refractivity contribution is 5.83. The number of aliphatic carboxylic acids is 1. The van der Waals surface area contributed by atoms with E-state index >= 15 is 0 Å². The number of halogens is 3. The largest absolute Gasteiger partial charge is 0.479 e. The first kappa shape index (κ1) is 12.2. The lowest BCUT2D eigenvalue weighted by molar-refractivity contribution is -0.196. The lowest BCUT2D eigenvalue weighted by Gasteiger charge is -2.47. The highest BCUT2D eigenvalue weighted by atomic mass is 19.4. The summed E-state index contributed by atoms with van der Waals surface area (Å²) >= 11 is 0. The van der Waals surface area contributed by atoms with E-state index < -0.39 is 29.6 Å². The molecule has 0 bridgehead atoms. The van der Waals surface area contributed by atoms with Crippen LogP contribution in [0.1, 0.15) is 6.42 Å². The molecule has 1 amide bonds. The molecule has 1 N–H and O–H groups in total. The van der Waals surface area contributed by atoms with E-state index in [1.807, 2.05) is 0 Å². The van der Waals surface area contributed by atoms with Gasteiger partial charge in [0.2, 0.25) is 0 Å². The van der Waals surface area contributed by atoms with Crippen LogP contribution in [0.25, 0.3) is 0 Å². The van der Waals surface area contributed by atoms with E-state index in [0.29, 0.717) is 4.90 Å². The van der Waals surface area contributed by atoms with Gasteiger partial charge in [-0.2, -0.15) is 13.2 Å². The van der Waals surface area contributed by atoms with Gasteiger partial charge in [0, 0.05) is 18.5 Å². The van der Waals surface area contributed by atoms with Gasteiger partial charge < -0.3 is 14.7 Å². The zero-order valence-corrected chi connectivity index (χ0v) is 8.66. The molecule has 0 aliphatic carbocycles. The van der Waals surface area contributed by atoms with E-state index in [1.54, 1.807) is 0 Å². The molecule has 1 unspecified atom stereocenters. The summed E-state index contributed by atoms with van der Waals surface area (Å²) in [6, 6.07) is 0. The van der Waals surface area contributed by atoms with Gasteiger partial charge in [0.05, 0.1) is 6.61 Å². The van der Waals surface area contributed by atoms with Crippen LogP contribution < -0.4 is 0 Å². The smallest absolute Gasteiger partial charge is 0.471 e. The van der Waals surface area contributed by atoms with Crippen LogP contribution in [-0.2, 0) is 14.3 Å². The van der Waals surface area contributed by atoms with E-state index in [-0.39, 0.29) is 26.1 Å². The average molecular weight is 253 g/mol. The Morgan fingerprint density at radius 3 is 2.35 bits per heavy atom. The van der Waals surface area contributed by atoms with Crippen molar-refractivity contribution < 1.29 is 32.6 Å². The number of carbonyl (C=O) groups excluding carboxylic acids is 1. The number of rotatable bonds is 1. The Labute approximate surface area is 94.1 Å². The predicted octanol–water partition coefficient (Wildman–Crippen LogP) is 0.251. The Morgan fingerprint density at radius 1 is 1.35 bits per heavy atom. The second-order valence-electron chi connectivity index (χ2n) is 4.50. The van der Waals surface area contributed by atoms with Gasteiger partial charge in [0.25, 0.3) is 0 Å². The van der Waals surface area contributed by atoms with Gasteiger partial charge in [-0.15, -0.1) is 0 Å². The monoisotopic (exact) mass is 253 g/mol. The van der Waals surface area contributed by atoms with E-state index in [1.165, 1.54) is 0 Å². The summed E-state index contributed by atoms with van der Waals surface area (Å²) in [5.74, 6) is -3.00. The molecule has 2 heterocycles. The van der Waals surface area contributed by atoms with Crippen LogP contribution in [0.3, 0.4) is 0 Å². The molecule has 2 saturated heterocycles. The zero-order chi connectivity index (χ0) is 12.8. The van der Waals surface area contributed by atoms with Gasteiger partial charge in [0.15, 0.2) is 6.10 Å². The van der Waals surface area contributed by atoms with Gasteiger partial charge in [-0.05, 0) is 6.42 Å². The number of nitrogens with zero attached hydrogens (tertiary/aromatic N) is 1. The summed E-state index contributed by atoms with van der Waals surface area (Å²) < 4.78 is 41.2. The zero-order valence-electron chi connectivity index (χ0n) is 8.66. The van der Waals surface area contributed by atoms with Gasteiger partial charge >= 0.3 is 18.1 Å². The molecule has 0 radical (unpaired) electrons. The van der Waals surface area contributed by atoms with Gasteiger partial charge in [-0.1, -0.05) is 0 Å². The number of alkyl halides is 3. The fraction of sp³-hybridized carbons (Fsp3) is 0.778. The van der Waals surface area contributed by atoms with Crippen molar-refractivity contribution in [3.8, 4) is 0 Å². The molecule has 2 aliphatic heterocycles. The number of likely N-dealkylation sites (tertiary alicyclic amines) is 1. The van der Waals surface area contributed by atoms with E-state index in [2.05, 4.69) is 0 Å². The Hall–Kier alpha value is -1.31. The number of amides is 1. The second-order valence-corrected chi connectivity index (χ2v) is 4.50. The normalized spacial score (nSPS) is 27.0. The maximum atomic E-state index is 12.1. The molecule has 0 aromatic rings. The molecule has 1 spiro atoms.